The lowest BCUT2D eigenvalue weighted by molar-refractivity contribution is -0.161. The highest BCUT2D eigenvalue weighted by atomic mass is 31.2. The maximum atomic E-state index is 12.5. The first kappa shape index (κ1) is 51.4. The largest absolute Gasteiger partial charge is 0.472 e. The minimum atomic E-state index is -4.41. The Morgan fingerprint density at radius 3 is 1.40 bits per heavy atom. The lowest BCUT2D eigenvalue weighted by atomic mass is 10.2. The lowest BCUT2D eigenvalue weighted by Crippen LogP contribution is -2.29. The van der Waals surface area contributed by atoms with Crippen LogP contribution >= 0.6 is 7.82 Å². The molecule has 0 aliphatic carbocycles. The molecule has 0 radical (unpaired) electrons. The van der Waals surface area contributed by atoms with Gasteiger partial charge in [0, 0.05) is 19.4 Å². The van der Waals surface area contributed by atoms with Gasteiger partial charge in [-0.1, -0.05) is 135 Å². The summed E-state index contributed by atoms with van der Waals surface area (Å²) >= 11 is 0. The Balaban J connectivity index is 4.42. The zero-order chi connectivity index (χ0) is 40.3. The Kier molecular flexibility index (Phi) is 37.5. The number of phosphoric acid groups is 1. The second-order valence-corrected chi connectivity index (χ2v) is 13.8. The van der Waals surface area contributed by atoms with Crippen LogP contribution in [0.5, 0.6) is 0 Å². The van der Waals surface area contributed by atoms with Gasteiger partial charge in [0.1, 0.15) is 6.61 Å². The van der Waals surface area contributed by atoms with Crippen molar-refractivity contribution in [1.82, 2.24) is 0 Å². The first-order valence-corrected chi connectivity index (χ1v) is 21.5. The van der Waals surface area contributed by atoms with E-state index in [1.54, 1.807) is 0 Å². The second kappa shape index (κ2) is 40.1. The average molecular weight is 784 g/mol. The number of carbonyl (C=O) groups is 2. The number of unbranched alkanes of at least 4 members (excludes halogenated alkanes) is 2. The normalized spacial score (nSPS) is 14.6. The van der Waals surface area contributed by atoms with E-state index in [9.17, 15) is 19.0 Å². The van der Waals surface area contributed by atoms with Crippen LogP contribution in [0.2, 0.25) is 0 Å². The maximum Gasteiger partial charge on any atom is 0.472 e. The Bertz CT molecular complexity index is 1310. The van der Waals surface area contributed by atoms with Crippen molar-refractivity contribution in [2.45, 2.75) is 123 Å². The summed E-state index contributed by atoms with van der Waals surface area (Å²) < 4.78 is 32.6. The minimum Gasteiger partial charge on any atom is -0.462 e. The molecule has 0 amide bonds. The molecule has 0 aromatic rings. The highest BCUT2D eigenvalue weighted by Gasteiger charge is 2.25. The molecule has 55 heavy (non-hydrogen) atoms. The number of ether oxygens (including phenoxy) is 2. The molecule has 0 saturated heterocycles. The van der Waals surface area contributed by atoms with Gasteiger partial charge in [0.25, 0.3) is 0 Å². The van der Waals surface area contributed by atoms with Crippen LogP contribution < -0.4 is 5.73 Å². The lowest BCUT2D eigenvalue weighted by Gasteiger charge is -2.19. The van der Waals surface area contributed by atoms with Crippen LogP contribution in [0.1, 0.15) is 117 Å². The summed E-state index contributed by atoms with van der Waals surface area (Å²) in [5.41, 5.74) is 5.33. The molecule has 0 aromatic heterocycles. The fourth-order valence-electron chi connectivity index (χ4n) is 4.47. The summed E-state index contributed by atoms with van der Waals surface area (Å²) in [6.45, 7) is 3.32. The van der Waals surface area contributed by atoms with Crippen LogP contribution in [0.4, 0.5) is 0 Å². The number of allylic oxidation sites excluding steroid dienone is 20. The SMILES string of the molecule is CCC=CCC=CCC=CCC=CCC=CCC=CCCC(=O)OC[C@H](COP(=O)(O)OCCN)OC(=O)CCCCC=CCC=CCC=CCC=CCC. The third kappa shape index (κ3) is 39.9. The van der Waals surface area contributed by atoms with Gasteiger partial charge in [-0.2, -0.15) is 0 Å². The molecule has 0 bridgehead atoms. The molecule has 0 fully saturated rings. The number of hydrogen-bond donors (Lipinski definition) is 2. The number of hydrogen-bond acceptors (Lipinski definition) is 8. The number of esters is 2. The zero-order valence-electron chi connectivity index (χ0n) is 33.6. The van der Waals surface area contributed by atoms with Crippen molar-refractivity contribution in [3.63, 3.8) is 0 Å². The van der Waals surface area contributed by atoms with Crippen molar-refractivity contribution in [1.29, 1.82) is 0 Å². The van der Waals surface area contributed by atoms with Crippen LogP contribution in [0.25, 0.3) is 0 Å². The summed E-state index contributed by atoms with van der Waals surface area (Å²) in [7, 11) is -4.41. The fraction of sp³-hybridized carbons (Fsp3) is 0.511. The van der Waals surface area contributed by atoms with E-state index in [2.05, 4.69) is 123 Å². The van der Waals surface area contributed by atoms with Crippen molar-refractivity contribution in [2.75, 3.05) is 26.4 Å². The molecule has 0 rings (SSSR count). The molecule has 2 atom stereocenters. The molecule has 0 heterocycles. The molecule has 0 saturated carbocycles. The summed E-state index contributed by atoms with van der Waals surface area (Å²) in [5.74, 6) is -0.992. The third-order valence-electron chi connectivity index (χ3n) is 7.36. The first-order chi connectivity index (χ1) is 26.8. The number of phosphoric ester groups is 1. The molecule has 308 valence electrons. The van der Waals surface area contributed by atoms with E-state index >= 15 is 0 Å². The van der Waals surface area contributed by atoms with Gasteiger partial charge < -0.3 is 20.1 Å². The van der Waals surface area contributed by atoms with Crippen LogP contribution in [-0.4, -0.2) is 49.3 Å². The molecular formula is C45H70NO8P. The number of carbonyl (C=O) groups excluding carboxylic acids is 2. The van der Waals surface area contributed by atoms with Crippen molar-refractivity contribution in [2.24, 2.45) is 5.73 Å². The first-order valence-electron chi connectivity index (χ1n) is 20.0. The zero-order valence-corrected chi connectivity index (χ0v) is 34.5. The smallest absolute Gasteiger partial charge is 0.462 e. The van der Waals surface area contributed by atoms with Gasteiger partial charge in [-0.05, 0) is 89.9 Å². The summed E-state index contributed by atoms with van der Waals surface area (Å²) in [4.78, 5) is 34.7. The third-order valence-corrected chi connectivity index (χ3v) is 8.34. The minimum absolute atomic E-state index is 0.0294. The van der Waals surface area contributed by atoms with Crippen LogP contribution in [0.3, 0.4) is 0 Å². The van der Waals surface area contributed by atoms with Gasteiger partial charge in [-0.25, -0.2) is 4.57 Å². The van der Waals surface area contributed by atoms with E-state index < -0.39 is 32.5 Å². The van der Waals surface area contributed by atoms with Gasteiger partial charge >= 0.3 is 19.8 Å². The Hall–Kier alpha value is -3.59. The molecule has 0 spiro atoms. The van der Waals surface area contributed by atoms with Crippen LogP contribution in [0, 0.1) is 0 Å². The van der Waals surface area contributed by atoms with Crippen molar-refractivity contribution in [3.05, 3.63) is 122 Å². The van der Waals surface area contributed by atoms with E-state index in [-0.39, 0.29) is 32.6 Å². The Morgan fingerprint density at radius 1 is 0.545 bits per heavy atom. The number of nitrogens with two attached hydrogens (primary N) is 1. The van der Waals surface area contributed by atoms with Gasteiger partial charge in [0.05, 0.1) is 13.2 Å². The number of rotatable bonds is 35. The van der Waals surface area contributed by atoms with Crippen molar-refractivity contribution < 1.29 is 37.6 Å². The van der Waals surface area contributed by atoms with E-state index in [4.69, 9.17) is 24.3 Å². The summed E-state index contributed by atoms with van der Waals surface area (Å²) in [6.07, 6.45) is 53.9. The standard InChI is InChI=1S/C45H70NO8P/c1-3-5-7-9-11-13-15-17-19-20-21-22-24-25-27-29-31-33-35-37-44(47)51-41-43(42-53-55(49,50)52-40-39-46)54-45(48)38-36-34-32-30-28-26-23-18-16-14-12-10-8-6-4-2/h5-8,11-14,17-19,21-23,25,27-28,30-31,33,43H,3-4,9-10,15-16,20,24,26,29,32,34-42,46H2,1-2H3,(H,49,50)/t43-/m1/s1. The molecule has 0 aliphatic heterocycles. The van der Waals surface area contributed by atoms with Gasteiger partial charge in [-0.15, -0.1) is 0 Å². The van der Waals surface area contributed by atoms with E-state index in [0.29, 0.717) is 12.8 Å². The molecule has 1 unspecified atom stereocenters. The summed E-state index contributed by atoms with van der Waals surface area (Å²) in [6, 6.07) is 0. The van der Waals surface area contributed by atoms with Gasteiger partial charge in [-0.3, -0.25) is 18.6 Å². The van der Waals surface area contributed by atoms with Crippen LogP contribution in [-0.2, 0) is 32.7 Å². The fourth-order valence-corrected chi connectivity index (χ4v) is 5.24. The quantitative estimate of drug-likeness (QED) is 0.0279. The van der Waals surface area contributed by atoms with Crippen molar-refractivity contribution in [3.8, 4) is 0 Å². The van der Waals surface area contributed by atoms with Crippen LogP contribution in [0.15, 0.2) is 122 Å². The molecule has 9 nitrogen and oxygen atoms in total. The highest BCUT2D eigenvalue weighted by molar-refractivity contribution is 7.47. The highest BCUT2D eigenvalue weighted by Crippen LogP contribution is 2.43. The Morgan fingerprint density at radius 2 is 0.964 bits per heavy atom. The second-order valence-electron chi connectivity index (χ2n) is 12.4. The predicted molar refractivity (Wildman–Crippen MR) is 228 cm³/mol. The topological polar surface area (TPSA) is 134 Å². The Labute approximate surface area is 332 Å². The molecule has 3 N–H and O–H groups in total. The van der Waals surface area contributed by atoms with E-state index in [0.717, 1.165) is 77.0 Å². The molecule has 10 heteroatoms. The van der Waals surface area contributed by atoms with E-state index in [1.165, 1.54) is 0 Å². The molecule has 0 aliphatic rings. The predicted octanol–water partition coefficient (Wildman–Crippen LogP) is 11.4. The monoisotopic (exact) mass is 783 g/mol. The summed E-state index contributed by atoms with van der Waals surface area (Å²) in [5, 5.41) is 0. The maximum absolute atomic E-state index is 12.5. The molecular weight excluding hydrogens is 713 g/mol. The van der Waals surface area contributed by atoms with E-state index in [1.807, 2.05) is 12.2 Å². The average Bonchev–Trinajstić information content (AvgIpc) is 3.17. The van der Waals surface area contributed by atoms with Gasteiger partial charge in [0.2, 0.25) is 0 Å². The van der Waals surface area contributed by atoms with Crippen molar-refractivity contribution >= 4 is 19.8 Å². The van der Waals surface area contributed by atoms with Gasteiger partial charge in [0.15, 0.2) is 6.10 Å². The molecule has 0 aromatic carbocycles.